The van der Waals surface area contributed by atoms with E-state index < -0.39 is 77.8 Å². The maximum absolute atomic E-state index is 12.7. The Kier molecular flexibility index (Phi) is 13.2. The predicted octanol–water partition coefficient (Wildman–Crippen LogP) is 0.394. The molecule has 2 saturated heterocycles. The van der Waals surface area contributed by atoms with Crippen LogP contribution < -0.4 is 11.1 Å². The molecule has 3 aliphatic rings. The van der Waals surface area contributed by atoms with Crippen LogP contribution in [0.5, 0.6) is 0 Å². The summed E-state index contributed by atoms with van der Waals surface area (Å²) >= 11 is 0. The van der Waals surface area contributed by atoms with Gasteiger partial charge >= 0.3 is 15.6 Å². The van der Waals surface area contributed by atoms with Crippen LogP contribution in [0, 0.1) is 29.6 Å². The molecule has 0 radical (unpaired) electrons. The number of Topliss-reactive ketones (excluding diaryl/α,β-unsaturated/α-hetero) is 1. The van der Waals surface area contributed by atoms with Crippen LogP contribution in [0.1, 0.15) is 73.1 Å². The Balaban J connectivity index is 1.02. The van der Waals surface area contributed by atoms with Gasteiger partial charge in [0, 0.05) is 18.4 Å². The summed E-state index contributed by atoms with van der Waals surface area (Å²) < 4.78 is 51.7. The first-order valence-electron chi connectivity index (χ1n) is 17.9. The number of nitrogens with two attached hydrogens (primary N) is 1. The van der Waals surface area contributed by atoms with Gasteiger partial charge in [0.05, 0.1) is 26.1 Å². The summed E-state index contributed by atoms with van der Waals surface area (Å²) in [6.45, 7) is -0.497. The van der Waals surface area contributed by atoms with Gasteiger partial charge in [-0.15, -0.1) is 12.3 Å². The van der Waals surface area contributed by atoms with Gasteiger partial charge in [-0.05, 0) is 49.2 Å². The minimum atomic E-state index is -5.44. The molecule has 1 aliphatic carbocycles. The second-order valence-corrected chi connectivity index (χ2v) is 17.2. The zero-order chi connectivity index (χ0) is 42.0. The number of carbonyl (C=O) groups excluding carboxylic acids is 2. The Labute approximate surface area is 331 Å². The number of hydrogen-bond acceptors (Lipinski definition) is 17. The smallest absolute Gasteiger partial charge is 0.387 e. The monoisotopic (exact) mass is 848 g/mol. The quantitative estimate of drug-likeness (QED) is 0.0549. The van der Waals surface area contributed by atoms with E-state index in [1.807, 2.05) is 0 Å². The highest BCUT2D eigenvalue weighted by atomic mass is 31.3. The van der Waals surface area contributed by atoms with Gasteiger partial charge in [0.2, 0.25) is 11.7 Å². The van der Waals surface area contributed by atoms with Crippen molar-refractivity contribution >= 4 is 44.3 Å². The molecular weight excluding hydrogens is 806 g/mol. The Morgan fingerprint density at radius 3 is 2.36 bits per heavy atom. The first kappa shape index (κ1) is 43.4. The average Bonchev–Trinajstić information content (AvgIpc) is 3.56. The molecule has 3 aromatic rings. The Bertz CT molecular complexity index is 2240. The number of imidazole rings is 1. The number of benzene rings is 1. The van der Waals surface area contributed by atoms with Crippen LogP contribution in [-0.2, 0) is 36.8 Å². The number of nitrogens with one attached hydrogen (secondary N) is 1. The topological polar surface area (TPSA) is 317 Å². The lowest BCUT2D eigenvalue weighted by Gasteiger charge is -2.20. The first-order chi connectivity index (χ1) is 27.4. The van der Waals surface area contributed by atoms with E-state index in [1.54, 1.807) is 12.1 Å². The molecule has 58 heavy (non-hydrogen) atoms. The number of fused-ring (bicyclic) bond motifs is 1. The van der Waals surface area contributed by atoms with Gasteiger partial charge in [-0.3, -0.25) is 23.2 Å². The molecular formula is C35H42N6O15P2. The van der Waals surface area contributed by atoms with E-state index in [2.05, 4.69) is 42.3 Å². The maximum Gasteiger partial charge on any atom is 0.481 e. The van der Waals surface area contributed by atoms with Gasteiger partial charge in [0.1, 0.15) is 48.2 Å². The summed E-state index contributed by atoms with van der Waals surface area (Å²) in [6, 6.07) is 6.07. The van der Waals surface area contributed by atoms with E-state index in [4.69, 9.17) is 30.7 Å². The normalized spacial score (nSPS) is 28.2. The van der Waals surface area contributed by atoms with Gasteiger partial charge in [0.25, 0.3) is 0 Å². The molecule has 9 N–H and O–H groups in total. The van der Waals surface area contributed by atoms with Crippen molar-refractivity contribution in [2.24, 2.45) is 5.41 Å². The van der Waals surface area contributed by atoms with Gasteiger partial charge < -0.3 is 50.7 Å². The number of ketones is 1. The highest BCUT2D eigenvalue weighted by molar-refractivity contribution is 7.61. The van der Waals surface area contributed by atoms with E-state index in [-0.39, 0.29) is 46.5 Å². The number of hydrogen-bond donors (Lipinski definition) is 8. The standard InChI is InChI=1S/C35H42N6O15P2/c1-3-4-10-35(11-12-35)15-25(43)37-13-6-9-24-39-32(36)26-33(40-24)41(18-38-26)34-30(47)28(45)23(55-34)17-53-58(50,51)56-57(48,49)52-16-22-27(44)29(46)31(54-22)21-8-5-7-20(14-21)19(2)42/h1,5,7-8,14,18,22-23,27-31,34,44-47H,4,10-13,15-17H2,2H3,(H,37,43)(H,48,49)(H,50,51)(H2,36,39,40)/t22-,23+,27+,28?,29?,30-,31+,34+/m1/s1. The Hall–Kier alpha value is -4.15. The molecule has 4 unspecified atom stereocenters. The molecule has 10 atom stereocenters. The lowest BCUT2D eigenvalue weighted by atomic mass is 9.96. The molecule has 1 amide bonds. The van der Waals surface area contributed by atoms with Crippen LogP contribution in [0.4, 0.5) is 5.82 Å². The fourth-order valence-electron chi connectivity index (χ4n) is 6.58. The van der Waals surface area contributed by atoms with Crippen molar-refractivity contribution in [3.05, 3.63) is 47.5 Å². The van der Waals surface area contributed by atoms with Crippen molar-refractivity contribution in [3.8, 4) is 24.2 Å². The highest BCUT2D eigenvalue weighted by Gasteiger charge is 2.48. The maximum atomic E-state index is 12.7. The van der Waals surface area contributed by atoms with E-state index in [9.17, 15) is 48.9 Å². The van der Waals surface area contributed by atoms with Gasteiger partial charge in [0.15, 0.2) is 23.5 Å². The van der Waals surface area contributed by atoms with Crippen LogP contribution in [-0.4, -0.2) is 118 Å². The van der Waals surface area contributed by atoms with E-state index in [1.165, 1.54) is 30.0 Å². The van der Waals surface area contributed by atoms with Gasteiger partial charge in [-0.1, -0.05) is 24.1 Å². The van der Waals surface area contributed by atoms with Crippen molar-refractivity contribution in [1.82, 2.24) is 24.8 Å². The molecule has 1 saturated carbocycles. The fourth-order valence-corrected chi connectivity index (χ4v) is 8.68. The van der Waals surface area contributed by atoms with Crippen LogP contribution in [0.15, 0.2) is 30.6 Å². The van der Waals surface area contributed by atoms with Crippen molar-refractivity contribution in [1.29, 1.82) is 0 Å². The SMILES string of the molecule is C#CCCC1(CC(=O)NCC#Cc2nc(N)c3ncn([C@H]4O[C@@H](COP(=O)(O)OP(=O)(O)OC[C@H]5O[C@@H](c6cccc(C(C)=O)c6)C(O)[C@H]5O)C(O)[C@H]4O)c3n2)CC1. The predicted molar refractivity (Wildman–Crippen MR) is 199 cm³/mol. The lowest BCUT2D eigenvalue weighted by molar-refractivity contribution is -0.122. The fraction of sp³-hybridized carbons (Fsp3) is 0.514. The molecule has 1 aromatic carbocycles. The number of anilines is 1. The van der Waals surface area contributed by atoms with Crippen LogP contribution in [0.2, 0.25) is 0 Å². The number of aliphatic hydroxyl groups excluding tert-OH is 4. The molecule has 312 valence electrons. The molecule has 21 nitrogen and oxygen atoms in total. The number of rotatable bonds is 16. The number of aromatic nitrogens is 4. The number of amides is 1. The number of aliphatic hydroxyl groups is 4. The summed E-state index contributed by atoms with van der Waals surface area (Å²) in [5.41, 5.74) is 6.81. The second kappa shape index (κ2) is 17.6. The molecule has 2 aliphatic heterocycles. The van der Waals surface area contributed by atoms with Crippen molar-refractivity contribution in [3.63, 3.8) is 0 Å². The van der Waals surface area contributed by atoms with Gasteiger partial charge in [-0.25, -0.2) is 24.1 Å². The molecule has 2 aromatic heterocycles. The number of phosphoric ester groups is 2. The minimum absolute atomic E-state index is 0.00125. The molecule has 23 heteroatoms. The zero-order valence-electron chi connectivity index (χ0n) is 30.9. The number of nitrogens with zero attached hydrogens (tertiary/aromatic N) is 4. The average molecular weight is 849 g/mol. The number of phosphoric acid groups is 2. The van der Waals surface area contributed by atoms with E-state index >= 15 is 0 Å². The lowest BCUT2D eigenvalue weighted by Crippen LogP contribution is -2.33. The molecule has 4 heterocycles. The van der Waals surface area contributed by atoms with Crippen molar-refractivity contribution < 1.29 is 71.8 Å². The minimum Gasteiger partial charge on any atom is -0.387 e. The third-order valence-electron chi connectivity index (χ3n) is 9.92. The van der Waals surface area contributed by atoms with E-state index in [0.717, 1.165) is 19.3 Å². The molecule has 0 bridgehead atoms. The summed E-state index contributed by atoms with van der Waals surface area (Å²) in [5.74, 6) is 7.51. The largest absolute Gasteiger partial charge is 0.481 e. The van der Waals surface area contributed by atoms with Gasteiger partial charge in [-0.2, -0.15) is 4.31 Å². The third-order valence-corrected chi connectivity index (χ3v) is 12.5. The molecule has 6 rings (SSSR count). The van der Waals surface area contributed by atoms with E-state index in [0.29, 0.717) is 24.0 Å². The Morgan fingerprint density at radius 2 is 1.71 bits per heavy atom. The van der Waals surface area contributed by atoms with Crippen molar-refractivity contribution in [2.45, 2.75) is 88.0 Å². The van der Waals surface area contributed by atoms with Crippen LogP contribution in [0.3, 0.4) is 0 Å². The summed E-state index contributed by atoms with van der Waals surface area (Å²) in [4.78, 5) is 57.2. The number of ether oxygens (including phenoxy) is 2. The molecule has 3 fully saturated rings. The second-order valence-electron chi connectivity index (χ2n) is 14.1. The number of nitrogen functional groups attached to an aromatic ring is 1. The summed E-state index contributed by atoms with van der Waals surface area (Å²) in [6.07, 6.45) is -1.87. The van der Waals surface area contributed by atoms with Crippen LogP contribution in [0.25, 0.3) is 11.2 Å². The first-order valence-corrected chi connectivity index (χ1v) is 20.9. The number of carbonyl (C=O) groups is 2. The Morgan fingerprint density at radius 1 is 1.03 bits per heavy atom. The highest BCUT2D eigenvalue weighted by Crippen LogP contribution is 2.61. The number of terminal acetylenes is 1. The molecule has 0 spiro atoms. The van der Waals surface area contributed by atoms with Crippen LogP contribution >= 0.6 is 15.6 Å². The summed E-state index contributed by atoms with van der Waals surface area (Å²) in [5, 5.41) is 45.3. The third kappa shape index (κ3) is 10.2. The zero-order valence-corrected chi connectivity index (χ0v) is 32.6. The summed E-state index contributed by atoms with van der Waals surface area (Å²) in [7, 11) is -10.9. The van der Waals surface area contributed by atoms with Crippen molar-refractivity contribution in [2.75, 3.05) is 25.5 Å².